The fourth-order valence-electron chi connectivity index (χ4n) is 4.61. The Morgan fingerprint density at radius 1 is 1.03 bits per heavy atom. The lowest BCUT2D eigenvalue weighted by Crippen LogP contribution is -2.37. The summed E-state index contributed by atoms with van der Waals surface area (Å²) in [7, 11) is 2.97. The minimum atomic E-state index is -0.744. The molecular weight excluding hydrogens is 453 g/mol. The molecule has 1 saturated carbocycles. The van der Waals surface area contributed by atoms with Crippen molar-refractivity contribution < 1.29 is 24.2 Å². The molecule has 0 radical (unpaired) electrons. The first-order valence-corrected chi connectivity index (χ1v) is 11.1. The quantitative estimate of drug-likeness (QED) is 0.357. The van der Waals surface area contributed by atoms with Crippen molar-refractivity contribution in [3.63, 3.8) is 0 Å². The van der Waals surface area contributed by atoms with Gasteiger partial charge < -0.3 is 19.5 Å². The minimum absolute atomic E-state index is 0.0105. The van der Waals surface area contributed by atoms with Gasteiger partial charge in [0.25, 0.3) is 11.7 Å². The first kappa shape index (κ1) is 22.5. The summed E-state index contributed by atoms with van der Waals surface area (Å²) in [6.45, 7) is 0. The number of amides is 1. The van der Waals surface area contributed by atoms with Crippen LogP contribution in [0.4, 0.5) is 0 Å². The van der Waals surface area contributed by atoms with Crippen LogP contribution >= 0.6 is 23.2 Å². The van der Waals surface area contributed by atoms with Gasteiger partial charge in [0.1, 0.15) is 17.3 Å². The van der Waals surface area contributed by atoms with Crippen molar-refractivity contribution in [2.24, 2.45) is 0 Å². The van der Waals surface area contributed by atoms with Gasteiger partial charge in [0.05, 0.1) is 36.4 Å². The maximum absolute atomic E-state index is 13.2. The predicted octanol–water partition coefficient (Wildman–Crippen LogP) is 5.37. The summed E-state index contributed by atoms with van der Waals surface area (Å²) in [5.41, 5.74) is 0.849. The number of ketones is 1. The van der Waals surface area contributed by atoms with Crippen molar-refractivity contribution in [1.29, 1.82) is 0 Å². The molecule has 1 saturated heterocycles. The lowest BCUT2D eigenvalue weighted by atomic mass is 9.94. The van der Waals surface area contributed by atoms with Gasteiger partial charge in [0.15, 0.2) is 0 Å². The number of methoxy groups -OCH3 is 2. The van der Waals surface area contributed by atoms with E-state index in [1.54, 1.807) is 36.3 Å². The van der Waals surface area contributed by atoms with Crippen LogP contribution in [-0.2, 0) is 9.59 Å². The van der Waals surface area contributed by atoms with Crippen molar-refractivity contribution in [3.8, 4) is 11.5 Å². The van der Waals surface area contributed by atoms with Crippen LogP contribution < -0.4 is 9.47 Å². The van der Waals surface area contributed by atoms with Gasteiger partial charge in [-0.25, -0.2) is 0 Å². The molecule has 1 unspecified atom stereocenters. The van der Waals surface area contributed by atoms with E-state index in [0.717, 1.165) is 25.7 Å². The van der Waals surface area contributed by atoms with E-state index in [-0.39, 0.29) is 38.7 Å². The van der Waals surface area contributed by atoms with E-state index in [9.17, 15) is 14.7 Å². The second kappa shape index (κ2) is 9.04. The summed E-state index contributed by atoms with van der Waals surface area (Å²) < 4.78 is 10.6. The summed E-state index contributed by atoms with van der Waals surface area (Å²) in [6, 6.07) is 9.26. The number of likely N-dealkylation sites (tertiary alicyclic amines) is 1. The maximum atomic E-state index is 13.2. The molecule has 1 heterocycles. The van der Waals surface area contributed by atoms with Gasteiger partial charge in [-0.3, -0.25) is 9.59 Å². The summed E-state index contributed by atoms with van der Waals surface area (Å²) in [5.74, 6) is -0.908. The Hall–Kier alpha value is -2.70. The number of ether oxygens (including phenoxy) is 2. The third-order valence-corrected chi connectivity index (χ3v) is 6.60. The number of aliphatic hydroxyl groups is 1. The standard InChI is InChI=1S/C24H23Cl2NO5/c1-31-16-9-7-13(8-10-16)20-19(22(29)24(30)27(20)15-5-3-4-6-15)21(28)17-11-14(25)12-18(26)23(17)32-2/h7-12,15,20,28H,3-6H2,1-2H3/b21-19+. The summed E-state index contributed by atoms with van der Waals surface area (Å²) in [6.07, 6.45) is 3.60. The first-order chi connectivity index (χ1) is 15.4. The molecular formula is C24H23Cl2NO5. The van der Waals surface area contributed by atoms with Crippen LogP contribution in [0, 0.1) is 0 Å². The largest absolute Gasteiger partial charge is 0.507 e. The van der Waals surface area contributed by atoms with Crippen LogP contribution in [0.1, 0.15) is 42.9 Å². The molecule has 2 aromatic carbocycles. The number of hydrogen-bond donors (Lipinski definition) is 1. The van der Waals surface area contributed by atoms with Gasteiger partial charge in [-0.1, -0.05) is 48.2 Å². The van der Waals surface area contributed by atoms with Gasteiger partial charge >= 0.3 is 0 Å². The molecule has 168 valence electrons. The Labute approximate surface area is 196 Å². The Bertz CT molecular complexity index is 1090. The zero-order valence-corrected chi connectivity index (χ0v) is 19.2. The smallest absolute Gasteiger partial charge is 0.295 e. The van der Waals surface area contributed by atoms with Crippen molar-refractivity contribution in [2.45, 2.75) is 37.8 Å². The van der Waals surface area contributed by atoms with E-state index in [0.29, 0.717) is 11.3 Å². The van der Waals surface area contributed by atoms with E-state index in [1.165, 1.54) is 19.2 Å². The van der Waals surface area contributed by atoms with Gasteiger partial charge in [-0.2, -0.15) is 0 Å². The third-order valence-electron chi connectivity index (χ3n) is 6.10. The van der Waals surface area contributed by atoms with Crippen molar-refractivity contribution >= 4 is 40.7 Å². The van der Waals surface area contributed by atoms with Gasteiger partial charge in [0, 0.05) is 11.1 Å². The van der Waals surface area contributed by atoms with Gasteiger partial charge in [-0.15, -0.1) is 0 Å². The molecule has 4 rings (SSSR count). The van der Waals surface area contributed by atoms with E-state index < -0.39 is 17.7 Å². The number of halogens is 2. The number of hydrogen-bond acceptors (Lipinski definition) is 5. The summed E-state index contributed by atoms with van der Waals surface area (Å²) in [5, 5.41) is 11.8. The molecule has 2 aliphatic rings. The van der Waals surface area contributed by atoms with Crippen molar-refractivity contribution in [2.75, 3.05) is 14.2 Å². The average molecular weight is 476 g/mol. The number of rotatable bonds is 5. The molecule has 0 aromatic heterocycles. The fraction of sp³-hybridized carbons (Fsp3) is 0.333. The third kappa shape index (κ3) is 3.82. The van der Waals surface area contributed by atoms with Crippen LogP contribution in [0.2, 0.25) is 10.0 Å². The highest BCUT2D eigenvalue weighted by Crippen LogP contribution is 2.45. The molecule has 1 atom stereocenters. The molecule has 0 spiro atoms. The van der Waals surface area contributed by atoms with E-state index >= 15 is 0 Å². The molecule has 1 aliphatic heterocycles. The van der Waals surface area contributed by atoms with Crippen LogP contribution in [-0.4, -0.2) is 42.0 Å². The lowest BCUT2D eigenvalue weighted by Gasteiger charge is -2.31. The first-order valence-electron chi connectivity index (χ1n) is 10.3. The summed E-state index contributed by atoms with van der Waals surface area (Å²) >= 11 is 12.4. The lowest BCUT2D eigenvalue weighted by molar-refractivity contribution is -0.141. The number of nitrogens with zero attached hydrogens (tertiary/aromatic N) is 1. The average Bonchev–Trinajstić information content (AvgIpc) is 3.40. The zero-order valence-electron chi connectivity index (χ0n) is 17.7. The van der Waals surface area contributed by atoms with Gasteiger partial charge in [-0.05, 0) is 42.7 Å². The molecule has 8 heteroatoms. The number of aliphatic hydroxyl groups excluding tert-OH is 1. The SMILES string of the molecule is COc1ccc(C2/C(=C(\O)c3cc(Cl)cc(Cl)c3OC)C(=O)C(=O)N2C2CCCC2)cc1. The van der Waals surface area contributed by atoms with E-state index in [2.05, 4.69) is 0 Å². The molecule has 1 N–H and O–H groups in total. The monoisotopic (exact) mass is 475 g/mol. The number of benzene rings is 2. The van der Waals surface area contributed by atoms with Crippen molar-refractivity contribution in [1.82, 2.24) is 4.90 Å². The topological polar surface area (TPSA) is 76.1 Å². The zero-order chi connectivity index (χ0) is 23.0. The molecule has 1 amide bonds. The Balaban J connectivity index is 1.93. The molecule has 0 bridgehead atoms. The Morgan fingerprint density at radius 3 is 2.28 bits per heavy atom. The highest BCUT2D eigenvalue weighted by atomic mass is 35.5. The van der Waals surface area contributed by atoms with Crippen molar-refractivity contribution in [3.05, 3.63) is 63.1 Å². The second-order valence-electron chi connectivity index (χ2n) is 7.89. The minimum Gasteiger partial charge on any atom is -0.507 e. The van der Waals surface area contributed by atoms with Crippen LogP contribution in [0.5, 0.6) is 11.5 Å². The molecule has 2 fully saturated rings. The number of Topliss-reactive ketones (excluding diaryl/α,β-unsaturated/α-hetero) is 1. The highest BCUT2D eigenvalue weighted by molar-refractivity contribution is 6.47. The highest BCUT2D eigenvalue weighted by Gasteiger charge is 2.49. The molecule has 6 nitrogen and oxygen atoms in total. The Kier molecular flexibility index (Phi) is 6.35. The van der Waals surface area contributed by atoms with E-state index in [4.69, 9.17) is 32.7 Å². The normalized spacial score (nSPS) is 20.8. The van der Waals surface area contributed by atoms with Crippen LogP contribution in [0.15, 0.2) is 42.0 Å². The summed E-state index contributed by atoms with van der Waals surface area (Å²) in [4.78, 5) is 28.0. The van der Waals surface area contributed by atoms with Crippen LogP contribution in [0.25, 0.3) is 5.76 Å². The molecule has 32 heavy (non-hydrogen) atoms. The van der Waals surface area contributed by atoms with E-state index in [1.807, 2.05) is 0 Å². The number of carbonyl (C=O) groups is 2. The maximum Gasteiger partial charge on any atom is 0.295 e. The Morgan fingerprint density at radius 2 is 1.69 bits per heavy atom. The fourth-order valence-corrected chi connectivity index (χ4v) is 5.18. The second-order valence-corrected chi connectivity index (χ2v) is 8.73. The van der Waals surface area contributed by atoms with Gasteiger partial charge in [0.2, 0.25) is 0 Å². The molecule has 2 aromatic rings. The van der Waals surface area contributed by atoms with Crippen LogP contribution in [0.3, 0.4) is 0 Å². The number of carbonyl (C=O) groups excluding carboxylic acids is 2. The predicted molar refractivity (Wildman–Crippen MR) is 122 cm³/mol. The molecule has 1 aliphatic carbocycles.